The quantitative estimate of drug-likeness (QED) is 0.0254. The fourth-order valence-corrected chi connectivity index (χ4v) is 10.3. The van der Waals surface area contributed by atoms with Crippen molar-refractivity contribution in [3.63, 3.8) is 0 Å². The van der Waals surface area contributed by atoms with E-state index in [2.05, 4.69) is 40.1 Å². The highest BCUT2D eigenvalue weighted by molar-refractivity contribution is 5.18. The summed E-state index contributed by atoms with van der Waals surface area (Å²) in [5.74, 6) is 0. The van der Waals surface area contributed by atoms with Crippen molar-refractivity contribution in [1.29, 1.82) is 0 Å². The van der Waals surface area contributed by atoms with Crippen molar-refractivity contribution in [2.45, 2.75) is 138 Å². The zero-order valence-corrected chi connectivity index (χ0v) is 44.9. The normalized spacial score (nSPS) is 26.9. The van der Waals surface area contributed by atoms with Gasteiger partial charge in [-0.1, -0.05) is 202 Å². The predicted octanol–water partition coefficient (Wildman–Crippen LogP) is 12.5. The molecule has 0 bridgehead atoms. The van der Waals surface area contributed by atoms with Gasteiger partial charge in [-0.3, -0.25) is 0 Å². The summed E-state index contributed by atoms with van der Waals surface area (Å²) in [7, 11) is 0. The van der Waals surface area contributed by atoms with Crippen molar-refractivity contribution in [2.75, 3.05) is 13.2 Å². The molecule has 2 heterocycles. The van der Waals surface area contributed by atoms with Gasteiger partial charge in [0, 0.05) is 19.6 Å². The summed E-state index contributed by atoms with van der Waals surface area (Å²) in [5, 5.41) is 16.8. The van der Waals surface area contributed by atoms with E-state index in [1.807, 2.05) is 182 Å². The van der Waals surface area contributed by atoms with Gasteiger partial charge in [-0.15, -0.1) is 0 Å². The SMILES string of the molecule is [N-]=[N+]=NC[C@H]1O[C@H](O[C@H]2C[C@H](N=[N+]=[N-])[C@@H](O[C@H]3O[C@H](COCc4ccccc4)[C@@H](OCc4ccccc4)[C@H](N=[N+]=[N-])[C@H]3OCc3ccccc3)C[C@@H]2N=[N+]=[N-])[C@H](OCc2ccccc2)[C@@H](OCc2ccccc2)[C@@H]1OCc1ccccc1. The molecule has 0 aromatic heterocycles. The van der Waals surface area contributed by atoms with E-state index >= 15 is 0 Å². The monoisotopic (exact) mass is 1110 g/mol. The maximum Gasteiger partial charge on any atom is 0.187 e. The van der Waals surface area contributed by atoms with Gasteiger partial charge in [-0.2, -0.15) is 0 Å². The molecule has 0 unspecified atom stereocenters. The fourth-order valence-electron chi connectivity index (χ4n) is 10.3. The van der Waals surface area contributed by atoms with Crippen molar-refractivity contribution >= 4 is 0 Å². The van der Waals surface area contributed by atoms with Crippen molar-refractivity contribution < 1.29 is 47.4 Å². The highest BCUT2D eigenvalue weighted by Gasteiger charge is 2.53. The van der Waals surface area contributed by atoms with Gasteiger partial charge in [-0.25, -0.2) is 0 Å². The Morgan fingerprint density at radius 3 is 1.15 bits per heavy atom. The summed E-state index contributed by atoms with van der Waals surface area (Å²) in [6.45, 7) is 0.686. The highest BCUT2D eigenvalue weighted by atomic mass is 16.7. The molecular formula is C60H64N12O10. The molecule has 9 rings (SSSR count). The van der Waals surface area contributed by atoms with E-state index in [9.17, 15) is 22.1 Å². The minimum Gasteiger partial charge on any atom is -0.374 e. The molecule has 2 saturated heterocycles. The van der Waals surface area contributed by atoms with Gasteiger partial charge in [0.25, 0.3) is 0 Å². The van der Waals surface area contributed by atoms with E-state index < -0.39 is 85.6 Å². The Bertz CT molecular complexity index is 3050. The molecule has 6 aromatic rings. The molecule has 14 atom stereocenters. The number of azide groups is 4. The molecule has 6 aromatic carbocycles. The van der Waals surface area contributed by atoms with Gasteiger partial charge in [0.05, 0.1) is 95.3 Å². The first-order valence-corrected chi connectivity index (χ1v) is 27.1. The summed E-state index contributed by atoms with van der Waals surface area (Å²) in [6.07, 6.45) is -11.2. The molecule has 0 radical (unpaired) electrons. The van der Waals surface area contributed by atoms with Crippen LogP contribution >= 0.6 is 0 Å². The summed E-state index contributed by atoms with van der Waals surface area (Å²) < 4.78 is 67.5. The van der Waals surface area contributed by atoms with Crippen LogP contribution in [-0.2, 0) is 87.0 Å². The van der Waals surface area contributed by atoms with E-state index in [-0.39, 0.29) is 65.6 Å². The van der Waals surface area contributed by atoms with Gasteiger partial charge in [0.2, 0.25) is 0 Å². The Morgan fingerprint density at radius 2 is 0.732 bits per heavy atom. The lowest BCUT2D eigenvalue weighted by Gasteiger charge is -2.49. The summed E-state index contributed by atoms with van der Waals surface area (Å²) in [5.41, 5.74) is 45.6. The topological polar surface area (TPSA) is 287 Å². The largest absolute Gasteiger partial charge is 0.374 e. The fraction of sp³-hybridized carbons (Fsp3) is 0.400. The summed E-state index contributed by atoms with van der Waals surface area (Å²) in [4.78, 5) is 12.9. The lowest BCUT2D eigenvalue weighted by atomic mass is 9.86. The second-order valence-electron chi connectivity index (χ2n) is 19.9. The Morgan fingerprint density at radius 1 is 0.378 bits per heavy atom. The summed E-state index contributed by atoms with van der Waals surface area (Å²) >= 11 is 0. The van der Waals surface area contributed by atoms with Crippen LogP contribution in [-0.4, -0.2) is 98.8 Å². The van der Waals surface area contributed by atoms with Crippen LogP contribution in [0.2, 0.25) is 0 Å². The van der Waals surface area contributed by atoms with Gasteiger partial charge >= 0.3 is 0 Å². The average Bonchev–Trinajstić information content (AvgIpc) is 3.43. The number of hydrogen-bond acceptors (Lipinski definition) is 14. The first-order chi connectivity index (χ1) is 40.5. The lowest BCUT2D eigenvalue weighted by molar-refractivity contribution is -0.335. The first-order valence-electron chi connectivity index (χ1n) is 27.1. The molecule has 0 amide bonds. The van der Waals surface area contributed by atoms with Crippen LogP contribution in [0, 0.1) is 0 Å². The van der Waals surface area contributed by atoms with Crippen molar-refractivity contribution in [3.8, 4) is 0 Å². The van der Waals surface area contributed by atoms with E-state index in [1.165, 1.54) is 0 Å². The van der Waals surface area contributed by atoms with Crippen molar-refractivity contribution in [1.82, 2.24) is 0 Å². The molecule has 22 heteroatoms. The average molecular weight is 1110 g/mol. The lowest BCUT2D eigenvalue weighted by Crippen LogP contribution is -2.63. The molecule has 22 nitrogen and oxygen atoms in total. The second kappa shape index (κ2) is 31.4. The maximum atomic E-state index is 10.2. The number of ether oxygens (including phenoxy) is 10. The van der Waals surface area contributed by atoms with Crippen LogP contribution in [0.3, 0.4) is 0 Å². The zero-order valence-electron chi connectivity index (χ0n) is 44.9. The highest BCUT2D eigenvalue weighted by Crippen LogP contribution is 2.39. The molecule has 0 N–H and O–H groups in total. The van der Waals surface area contributed by atoms with Crippen LogP contribution in [0.15, 0.2) is 202 Å². The van der Waals surface area contributed by atoms with Crippen molar-refractivity contribution in [2.24, 2.45) is 20.5 Å². The first kappa shape index (κ1) is 58.8. The standard InChI is InChI=1S/C60H64N12O10/c61-69-65-33-51-55(75-36-43-23-11-3-12-24-43)57(77-38-45-27-15-5-16-28-45)58(78-39-46-29-17-6-18-30-46)60(81-51)80-50-32-47(66-70-62)49(31-48(50)67-71-63)79-59-56(76-37-44-25-13-4-14-26-44)53(68-72-64)54(74-35-42-21-9-2-10-22-42)52(82-59)40-73-34-41-19-7-1-8-20-41/h1-30,47-60H,31-40H2/t47-,48-,49-,50-,51+,52+,53-,54+,55+,56+,57-,58+,59-,60-/m0/s1. The molecule has 82 heavy (non-hydrogen) atoms. The second-order valence-corrected chi connectivity index (χ2v) is 19.9. The van der Waals surface area contributed by atoms with Gasteiger partial charge in [0.15, 0.2) is 12.6 Å². The number of benzene rings is 6. The van der Waals surface area contributed by atoms with Crippen LogP contribution in [0.1, 0.15) is 46.2 Å². The van der Waals surface area contributed by atoms with E-state index in [0.29, 0.717) is 0 Å². The molecule has 424 valence electrons. The Labute approximate surface area is 474 Å². The third kappa shape index (κ3) is 16.6. The Balaban J connectivity index is 1.03. The summed E-state index contributed by atoms with van der Waals surface area (Å²) in [6, 6.07) is 54.5. The Kier molecular flexibility index (Phi) is 22.5. The predicted molar refractivity (Wildman–Crippen MR) is 300 cm³/mol. The minimum atomic E-state index is -1.29. The third-order valence-electron chi connectivity index (χ3n) is 14.4. The smallest absolute Gasteiger partial charge is 0.187 e. The molecule has 1 saturated carbocycles. The van der Waals surface area contributed by atoms with Crippen LogP contribution < -0.4 is 0 Å². The van der Waals surface area contributed by atoms with E-state index in [4.69, 9.17) is 47.4 Å². The molecule has 3 aliphatic rings. The Hall–Kier alpha value is -7.84. The van der Waals surface area contributed by atoms with Gasteiger partial charge in [-0.05, 0) is 68.3 Å². The number of rotatable bonds is 28. The van der Waals surface area contributed by atoms with E-state index in [0.717, 1.165) is 33.4 Å². The van der Waals surface area contributed by atoms with Gasteiger partial charge < -0.3 is 47.4 Å². The zero-order chi connectivity index (χ0) is 56.6. The van der Waals surface area contributed by atoms with Crippen molar-refractivity contribution in [3.05, 3.63) is 257 Å². The molecule has 3 fully saturated rings. The van der Waals surface area contributed by atoms with Crippen LogP contribution in [0.4, 0.5) is 0 Å². The molecule has 2 aliphatic heterocycles. The van der Waals surface area contributed by atoms with Gasteiger partial charge in [0.1, 0.15) is 30.5 Å². The van der Waals surface area contributed by atoms with E-state index in [1.54, 1.807) is 0 Å². The third-order valence-corrected chi connectivity index (χ3v) is 14.4. The maximum absolute atomic E-state index is 10.2. The molecular weight excluding hydrogens is 1050 g/mol. The molecule has 0 spiro atoms. The van der Waals surface area contributed by atoms with Crippen LogP contribution in [0.5, 0.6) is 0 Å². The molecule has 1 aliphatic carbocycles. The van der Waals surface area contributed by atoms with Crippen LogP contribution in [0.25, 0.3) is 41.8 Å². The number of nitrogens with zero attached hydrogens (tertiary/aromatic N) is 12. The number of hydrogen-bond donors (Lipinski definition) is 0. The minimum absolute atomic E-state index is 0.0114.